The molecule has 0 bridgehead atoms. The first-order chi connectivity index (χ1) is 20.8. The molecule has 0 spiro atoms. The molecular formula is C30H35F5N8O. The first-order valence-corrected chi connectivity index (χ1v) is 14.1. The lowest BCUT2D eigenvalue weighted by atomic mass is 9.97. The second-order valence-electron chi connectivity index (χ2n) is 10.8. The summed E-state index contributed by atoms with van der Waals surface area (Å²) in [6, 6.07) is 9.37. The lowest BCUT2D eigenvalue weighted by Gasteiger charge is -2.16. The number of nitrogens with two attached hydrogens (primary N) is 2. The van der Waals surface area contributed by atoms with E-state index in [1.807, 2.05) is 19.1 Å². The molecule has 0 aliphatic rings. The molecule has 0 amide bonds. The average Bonchev–Trinajstić information content (AvgIpc) is 3.35. The normalized spacial score (nSPS) is 13.3. The molecule has 0 fully saturated rings. The standard InChI is InChI=1S/C30H35F5N8O/c1-16(36)5-3-6-19-13-22(26(32)24(25(19)31)30(33,34)35)23-14-20-15-43(29(44)42-27(20)41-23)21-9-7-18(8-10-21)17(2)39-11-4-12-40-28(37)38/h7-10,13-17,39H,3-6,11-12,36H2,1-2H3,(H4,37,38,40)(H,41,42,44)/t16-,17-/m0/s1. The Kier molecular flexibility index (Phi) is 10.0. The van der Waals surface area contributed by atoms with Gasteiger partial charge in [-0.05, 0) is 81.5 Å². The molecule has 0 saturated carbocycles. The fraction of sp³-hybridized carbons (Fsp3) is 0.367. The summed E-state index contributed by atoms with van der Waals surface area (Å²) in [5.74, 6) is -3.47. The molecule has 0 unspecified atom stereocenters. The maximum absolute atomic E-state index is 15.2. The van der Waals surface area contributed by atoms with Crippen molar-refractivity contribution in [3.63, 3.8) is 0 Å². The molecule has 9 nitrogen and oxygen atoms in total. The summed E-state index contributed by atoms with van der Waals surface area (Å²) in [5.41, 5.74) is 9.04. The molecule has 0 aliphatic heterocycles. The van der Waals surface area contributed by atoms with Crippen LogP contribution in [0.4, 0.5) is 22.0 Å². The number of halogens is 5. The van der Waals surface area contributed by atoms with Crippen LogP contribution in [0.3, 0.4) is 0 Å². The fourth-order valence-corrected chi connectivity index (χ4v) is 4.93. The summed E-state index contributed by atoms with van der Waals surface area (Å²) in [5, 5.41) is 13.6. The maximum Gasteiger partial charge on any atom is 0.422 e. The highest BCUT2D eigenvalue weighted by molar-refractivity contribution is 5.83. The number of aromatic amines is 1. The van der Waals surface area contributed by atoms with Gasteiger partial charge in [-0.1, -0.05) is 12.1 Å². The SMILES string of the molecule is C[C@H](N)CCCc1cc(-c2cc3cn(-c4ccc([C@H](C)NCCCNC(=N)N)cc4)c(=O)nc3[nH]2)c(F)c(C(F)(F)F)c1F. The highest BCUT2D eigenvalue weighted by Crippen LogP contribution is 2.39. The first-order valence-electron chi connectivity index (χ1n) is 14.1. The zero-order valence-electron chi connectivity index (χ0n) is 24.3. The Hall–Kier alpha value is -4.30. The summed E-state index contributed by atoms with van der Waals surface area (Å²) in [4.78, 5) is 19.6. The van der Waals surface area contributed by atoms with Crippen LogP contribution >= 0.6 is 0 Å². The van der Waals surface area contributed by atoms with Gasteiger partial charge in [-0.25, -0.2) is 13.6 Å². The number of aromatic nitrogens is 3. The summed E-state index contributed by atoms with van der Waals surface area (Å²) in [7, 11) is 0. The molecule has 4 aromatic rings. The minimum Gasteiger partial charge on any atom is -0.370 e. The smallest absolute Gasteiger partial charge is 0.370 e. The third-order valence-electron chi connectivity index (χ3n) is 7.25. The van der Waals surface area contributed by atoms with E-state index in [0.29, 0.717) is 37.0 Å². The van der Waals surface area contributed by atoms with Gasteiger partial charge in [0.1, 0.15) is 22.8 Å². The van der Waals surface area contributed by atoms with Crippen LogP contribution in [0.2, 0.25) is 0 Å². The van der Waals surface area contributed by atoms with Crippen LogP contribution in [-0.4, -0.2) is 39.6 Å². The van der Waals surface area contributed by atoms with Gasteiger partial charge in [0.2, 0.25) is 0 Å². The van der Waals surface area contributed by atoms with Gasteiger partial charge in [0.15, 0.2) is 5.96 Å². The van der Waals surface area contributed by atoms with Crippen LogP contribution < -0.4 is 27.8 Å². The lowest BCUT2D eigenvalue weighted by molar-refractivity contribution is -0.142. The molecule has 14 heteroatoms. The molecule has 44 heavy (non-hydrogen) atoms. The van der Waals surface area contributed by atoms with E-state index in [9.17, 15) is 22.4 Å². The summed E-state index contributed by atoms with van der Waals surface area (Å²) < 4.78 is 72.6. The predicted molar refractivity (Wildman–Crippen MR) is 160 cm³/mol. The second kappa shape index (κ2) is 13.6. The Bertz CT molecular complexity index is 1680. The molecule has 2 heterocycles. The molecular weight excluding hydrogens is 583 g/mol. The molecule has 8 N–H and O–H groups in total. The van der Waals surface area contributed by atoms with E-state index < -0.39 is 34.6 Å². The highest BCUT2D eigenvalue weighted by Gasteiger charge is 2.40. The van der Waals surface area contributed by atoms with Crippen LogP contribution in [-0.2, 0) is 12.6 Å². The Balaban J connectivity index is 1.62. The highest BCUT2D eigenvalue weighted by atomic mass is 19.4. The zero-order valence-corrected chi connectivity index (χ0v) is 24.3. The third kappa shape index (κ3) is 7.61. The van der Waals surface area contributed by atoms with E-state index in [1.54, 1.807) is 19.1 Å². The maximum atomic E-state index is 15.2. The van der Waals surface area contributed by atoms with Crippen molar-refractivity contribution in [2.45, 2.75) is 57.8 Å². The van der Waals surface area contributed by atoms with Crippen molar-refractivity contribution in [2.24, 2.45) is 11.5 Å². The van der Waals surface area contributed by atoms with Crippen LogP contribution in [0, 0.1) is 17.0 Å². The molecule has 0 aliphatic carbocycles. The minimum atomic E-state index is -5.26. The third-order valence-corrected chi connectivity index (χ3v) is 7.25. The van der Waals surface area contributed by atoms with Gasteiger partial charge in [0, 0.05) is 35.8 Å². The van der Waals surface area contributed by atoms with Crippen molar-refractivity contribution >= 4 is 17.0 Å². The molecule has 2 atom stereocenters. The van der Waals surface area contributed by atoms with Gasteiger partial charge < -0.3 is 27.1 Å². The average molecular weight is 619 g/mol. The number of nitrogens with one attached hydrogen (secondary N) is 4. The van der Waals surface area contributed by atoms with Crippen molar-refractivity contribution in [1.29, 1.82) is 5.41 Å². The molecule has 0 saturated heterocycles. The molecule has 2 aromatic carbocycles. The largest absolute Gasteiger partial charge is 0.422 e. The number of H-pyrrole nitrogens is 1. The van der Waals surface area contributed by atoms with E-state index in [1.165, 1.54) is 16.8 Å². The van der Waals surface area contributed by atoms with Crippen LogP contribution in [0.1, 0.15) is 55.8 Å². The van der Waals surface area contributed by atoms with E-state index in [-0.39, 0.29) is 41.4 Å². The fourth-order valence-electron chi connectivity index (χ4n) is 4.93. The van der Waals surface area contributed by atoms with E-state index >= 15 is 4.39 Å². The monoisotopic (exact) mass is 618 g/mol. The quantitative estimate of drug-likeness (QED) is 0.0577. The van der Waals surface area contributed by atoms with Gasteiger partial charge >= 0.3 is 11.9 Å². The number of alkyl halides is 3. The van der Waals surface area contributed by atoms with Gasteiger partial charge in [-0.2, -0.15) is 18.2 Å². The van der Waals surface area contributed by atoms with Gasteiger partial charge in [-0.15, -0.1) is 0 Å². The Labute approximate surface area is 250 Å². The number of benzene rings is 2. The Morgan fingerprint density at radius 3 is 2.43 bits per heavy atom. The van der Waals surface area contributed by atoms with Gasteiger partial charge in [0.05, 0.1) is 11.4 Å². The van der Waals surface area contributed by atoms with Crippen LogP contribution in [0.25, 0.3) is 28.0 Å². The number of hydrogen-bond acceptors (Lipinski definition) is 5. The summed E-state index contributed by atoms with van der Waals surface area (Å²) >= 11 is 0. The molecule has 0 radical (unpaired) electrons. The summed E-state index contributed by atoms with van der Waals surface area (Å²) in [6.07, 6.45) is -2.34. The van der Waals surface area contributed by atoms with Crippen molar-refractivity contribution in [2.75, 3.05) is 13.1 Å². The number of guanidine groups is 1. The van der Waals surface area contributed by atoms with Gasteiger partial charge in [-0.3, -0.25) is 9.98 Å². The number of nitrogens with zero attached hydrogens (tertiary/aromatic N) is 2. The van der Waals surface area contributed by atoms with E-state index in [2.05, 4.69) is 20.6 Å². The molecule has 236 valence electrons. The number of fused-ring (bicyclic) bond motifs is 1. The second-order valence-corrected chi connectivity index (χ2v) is 10.8. The Morgan fingerprint density at radius 1 is 1.09 bits per heavy atom. The number of aryl methyl sites for hydroxylation is 1. The van der Waals surface area contributed by atoms with Crippen molar-refractivity contribution in [3.05, 3.63) is 81.4 Å². The van der Waals surface area contributed by atoms with Gasteiger partial charge in [0.25, 0.3) is 0 Å². The minimum absolute atomic E-state index is 0.00160. The van der Waals surface area contributed by atoms with E-state index in [0.717, 1.165) is 18.1 Å². The van der Waals surface area contributed by atoms with Crippen molar-refractivity contribution in [1.82, 2.24) is 25.2 Å². The van der Waals surface area contributed by atoms with E-state index in [4.69, 9.17) is 16.9 Å². The summed E-state index contributed by atoms with van der Waals surface area (Å²) in [6.45, 7) is 4.97. The molecule has 2 aromatic heterocycles. The van der Waals surface area contributed by atoms with Crippen LogP contribution in [0.5, 0.6) is 0 Å². The first kappa shape index (κ1) is 32.6. The number of hydrogen-bond donors (Lipinski definition) is 6. The predicted octanol–water partition coefficient (Wildman–Crippen LogP) is 4.87. The van der Waals surface area contributed by atoms with Crippen molar-refractivity contribution in [3.8, 4) is 16.9 Å². The topological polar surface area (TPSA) is 151 Å². The lowest BCUT2D eigenvalue weighted by Crippen LogP contribution is -2.32. The van der Waals surface area contributed by atoms with Crippen molar-refractivity contribution < 1.29 is 22.0 Å². The Morgan fingerprint density at radius 2 is 1.80 bits per heavy atom. The zero-order chi connectivity index (χ0) is 32.2. The van der Waals surface area contributed by atoms with Crippen LogP contribution in [0.15, 0.2) is 47.4 Å². The molecule has 4 rings (SSSR count). The number of rotatable bonds is 12.